The third kappa shape index (κ3) is 3.16. The Labute approximate surface area is 125 Å². The molecule has 0 aliphatic rings. The van der Waals surface area contributed by atoms with Crippen LogP contribution in [-0.2, 0) is 10.0 Å². The van der Waals surface area contributed by atoms with E-state index < -0.39 is 15.8 Å². The summed E-state index contributed by atoms with van der Waals surface area (Å²) in [6.45, 7) is 3.11. The third-order valence-corrected chi connectivity index (χ3v) is 4.79. The van der Waals surface area contributed by atoms with E-state index in [1.165, 1.54) is 24.4 Å². The lowest BCUT2D eigenvalue weighted by Gasteiger charge is -2.12. The van der Waals surface area contributed by atoms with Crippen LogP contribution in [0.15, 0.2) is 39.8 Å². The van der Waals surface area contributed by atoms with Gasteiger partial charge in [-0.2, -0.15) is 0 Å². The lowest BCUT2D eigenvalue weighted by atomic mass is 10.1. The van der Waals surface area contributed by atoms with E-state index in [4.69, 9.17) is 0 Å². The summed E-state index contributed by atoms with van der Waals surface area (Å²) in [6.07, 6.45) is 1.49. The van der Waals surface area contributed by atoms with Crippen LogP contribution in [0.5, 0.6) is 0 Å². The summed E-state index contributed by atoms with van der Waals surface area (Å²) in [5.41, 5.74) is 0.708. The molecule has 0 atom stereocenters. The quantitative estimate of drug-likeness (QED) is 0.914. The monoisotopic (exact) mass is 358 g/mol. The van der Waals surface area contributed by atoms with Gasteiger partial charge in [-0.1, -0.05) is 0 Å². The van der Waals surface area contributed by atoms with Gasteiger partial charge >= 0.3 is 0 Å². The first-order valence-electron chi connectivity index (χ1n) is 5.71. The van der Waals surface area contributed by atoms with Gasteiger partial charge in [0.15, 0.2) is 0 Å². The van der Waals surface area contributed by atoms with E-state index in [9.17, 15) is 12.8 Å². The fraction of sp³-hybridized carbons (Fsp3) is 0.154. The maximum atomic E-state index is 13.2. The van der Waals surface area contributed by atoms with Gasteiger partial charge in [-0.15, -0.1) is 0 Å². The largest absolute Gasteiger partial charge is 0.263 e. The Morgan fingerprint density at radius 3 is 2.30 bits per heavy atom. The molecule has 0 spiro atoms. The van der Waals surface area contributed by atoms with Crippen molar-refractivity contribution in [2.45, 2.75) is 18.7 Å². The van der Waals surface area contributed by atoms with Crippen molar-refractivity contribution in [2.24, 2.45) is 0 Å². The van der Waals surface area contributed by atoms with Crippen molar-refractivity contribution in [3.63, 3.8) is 0 Å². The van der Waals surface area contributed by atoms with Crippen LogP contribution in [0, 0.1) is 19.7 Å². The summed E-state index contributed by atoms with van der Waals surface area (Å²) in [5.74, 6) is -0.253. The Morgan fingerprint density at radius 1 is 1.20 bits per heavy atom. The van der Waals surface area contributed by atoms with Crippen LogP contribution in [0.3, 0.4) is 0 Å². The highest BCUT2D eigenvalue weighted by Gasteiger charge is 2.20. The second-order valence-electron chi connectivity index (χ2n) is 4.34. The molecule has 1 aromatic heterocycles. The van der Waals surface area contributed by atoms with Crippen molar-refractivity contribution in [3.8, 4) is 0 Å². The van der Waals surface area contributed by atoms with Crippen molar-refractivity contribution in [2.75, 3.05) is 4.72 Å². The average Bonchev–Trinajstić information content (AvgIpc) is 2.30. The molecule has 0 radical (unpaired) electrons. The lowest BCUT2D eigenvalue weighted by Crippen LogP contribution is -2.16. The standard InChI is InChI=1S/C13H12BrFN2O2S/c1-8-5-11(15)6-9(2)13(8)20(18,19)17-12-4-3-10(14)7-16-12/h3-7H,1-2H3,(H,16,17). The zero-order chi connectivity index (χ0) is 14.9. The summed E-state index contributed by atoms with van der Waals surface area (Å²) in [5, 5.41) is 0. The molecular weight excluding hydrogens is 347 g/mol. The summed E-state index contributed by atoms with van der Waals surface area (Å²) >= 11 is 3.22. The summed E-state index contributed by atoms with van der Waals surface area (Å²) < 4.78 is 41.1. The van der Waals surface area contributed by atoms with Gasteiger partial charge in [0.05, 0.1) is 4.90 Å². The minimum atomic E-state index is -3.80. The van der Waals surface area contributed by atoms with Gasteiger partial charge in [0.25, 0.3) is 10.0 Å². The zero-order valence-electron chi connectivity index (χ0n) is 10.8. The highest BCUT2D eigenvalue weighted by Crippen LogP contribution is 2.23. The van der Waals surface area contributed by atoms with E-state index in [1.807, 2.05) is 0 Å². The van der Waals surface area contributed by atoms with Crippen molar-refractivity contribution >= 4 is 31.8 Å². The highest BCUT2D eigenvalue weighted by molar-refractivity contribution is 9.10. The molecule has 0 saturated carbocycles. The highest BCUT2D eigenvalue weighted by atomic mass is 79.9. The van der Waals surface area contributed by atoms with Crippen LogP contribution >= 0.6 is 15.9 Å². The molecule has 20 heavy (non-hydrogen) atoms. The van der Waals surface area contributed by atoms with Gasteiger partial charge < -0.3 is 0 Å². The second kappa shape index (κ2) is 5.49. The number of halogens is 2. The molecule has 106 valence electrons. The number of pyridine rings is 1. The smallest absolute Gasteiger partial charge is 0.263 e. The van der Waals surface area contributed by atoms with Crippen LogP contribution in [-0.4, -0.2) is 13.4 Å². The SMILES string of the molecule is Cc1cc(F)cc(C)c1S(=O)(=O)Nc1ccc(Br)cn1. The fourth-order valence-corrected chi connectivity index (χ4v) is 3.64. The van der Waals surface area contributed by atoms with Gasteiger partial charge in [-0.05, 0) is 65.2 Å². The van der Waals surface area contributed by atoms with Crippen LogP contribution in [0.1, 0.15) is 11.1 Å². The van der Waals surface area contributed by atoms with E-state index in [-0.39, 0.29) is 10.7 Å². The van der Waals surface area contributed by atoms with Crippen LogP contribution in [0.4, 0.5) is 10.2 Å². The van der Waals surface area contributed by atoms with Gasteiger partial charge in [-0.25, -0.2) is 17.8 Å². The molecule has 4 nitrogen and oxygen atoms in total. The van der Waals surface area contributed by atoms with Gasteiger partial charge in [-0.3, -0.25) is 4.72 Å². The Bertz CT molecular complexity index is 722. The minimum absolute atomic E-state index is 0.0728. The van der Waals surface area contributed by atoms with Crippen LogP contribution < -0.4 is 4.72 Å². The van der Waals surface area contributed by atoms with E-state index in [2.05, 4.69) is 25.6 Å². The first kappa shape index (κ1) is 14.9. The number of nitrogens with zero attached hydrogens (tertiary/aromatic N) is 1. The first-order valence-corrected chi connectivity index (χ1v) is 7.98. The summed E-state index contributed by atoms with van der Waals surface area (Å²) in [4.78, 5) is 4.03. The number of anilines is 1. The molecule has 1 N–H and O–H groups in total. The number of sulfonamides is 1. The van der Waals surface area contributed by atoms with E-state index in [0.29, 0.717) is 11.1 Å². The normalized spacial score (nSPS) is 11.4. The number of hydrogen-bond donors (Lipinski definition) is 1. The van der Waals surface area contributed by atoms with Crippen molar-refractivity contribution < 1.29 is 12.8 Å². The Hall–Kier alpha value is -1.47. The van der Waals surface area contributed by atoms with Crippen LogP contribution in [0.25, 0.3) is 0 Å². The maximum absolute atomic E-state index is 13.2. The van der Waals surface area contributed by atoms with Crippen molar-refractivity contribution in [3.05, 3.63) is 51.9 Å². The Morgan fingerprint density at radius 2 is 1.80 bits per heavy atom. The molecule has 0 bridgehead atoms. The van der Waals surface area contributed by atoms with E-state index in [0.717, 1.165) is 4.47 Å². The molecular formula is C13H12BrFN2O2S. The Kier molecular flexibility index (Phi) is 4.10. The number of benzene rings is 1. The number of rotatable bonds is 3. The molecule has 2 rings (SSSR count). The molecule has 7 heteroatoms. The number of hydrogen-bond acceptors (Lipinski definition) is 3. The molecule has 0 fully saturated rings. The molecule has 1 aromatic carbocycles. The summed E-state index contributed by atoms with van der Waals surface area (Å²) in [6, 6.07) is 5.60. The molecule has 0 aliphatic carbocycles. The predicted octanol–water partition coefficient (Wildman–Crippen LogP) is 3.40. The van der Waals surface area contributed by atoms with Crippen LogP contribution in [0.2, 0.25) is 0 Å². The van der Waals surface area contributed by atoms with E-state index >= 15 is 0 Å². The summed E-state index contributed by atoms with van der Waals surface area (Å²) in [7, 11) is -3.80. The molecule has 2 aromatic rings. The maximum Gasteiger partial charge on any atom is 0.263 e. The average molecular weight is 359 g/mol. The molecule has 0 unspecified atom stereocenters. The third-order valence-electron chi connectivity index (χ3n) is 2.66. The van der Waals surface area contributed by atoms with Crippen molar-refractivity contribution in [1.29, 1.82) is 0 Å². The minimum Gasteiger partial charge on any atom is -0.263 e. The zero-order valence-corrected chi connectivity index (χ0v) is 13.2. The van der Waals surface area contributed by atoms with Crippen molar-refractivity contribution in [1.82, 2.24) is 4.98 Å². The molecule has 1 heterocycles. The Balaban J connectivity index is 2.43. The van der Waals surface area contributed by atoms with Gasteiger partial charge in [0, 0.05) is 10.7 Å². The molecule has 0 amide bonds. The number of aromatic nitrogens is 1. The predicted molar refractivity (Wildman–Crippen MR) is 78.6 cm³/mol. The first-order chi connectivity index (χ1) is 9.29. The van der Waals surface area contributed by atoms with E-state index in [1.54, 1.807) is 19.9 Å². The topological polar surface area (TPSA) is 59.1 Å². The number of nitrogens with one attached hydrogen (secondary N) is 1. The fourth-order valence-electron chi connectivity index (χ4n) is 1.95. The molecule has 0 aliphatic heterocycles. The number of aryl methyl sites for hydroxylation is 2. The van der Waals surface area contributed by atoms with Gasteiger partial charge in [0.1, 0.15) is 11.6 Å². The lowest BCUT2D eigenvalue weighted by molar-refractivity contribution is 0.597. The second-order valence-corrected chi connectivity index (χ2v) is 6.87. The van der Waals surface area contributed by atoms with Gasteiger partial charge in [0.2, 0.25) is 0 Å². The molecule has 0 saturated heterocycles.